The lowest BCUT2D eigenvalue weighted by molar-refractivity contribution is -0.143. The van der Waals surface area contributed by atoms with Crippen LogP contribution < -0.4 is 0 Å². The molecular weight excluding hydrogens is 312 g/mol. The van der Waals surface area contributed by atoms with E-state index in [1.165, 1.54) is 24.3 Å². The smallest absolute Gasteiger partial charge is 0.339 e. The summed E-state index contributed by atoms with van der Waals surface area (Å²) in [6.45, 7) is 3.95. The topological polar surface area (TPSA) is 101 Å². The molecule has 0 amide bonds. The molecule has 0 aliphatic rings. The zero-order valence-electron chi connectivity index (χ0n) is 14.0. The van der Waals surface area contributed by atoms with E-state index < -0.39 is 23.8 Å². The Morgan fingerprint density at radius 3 is 2.12 bits per heavy atom. The van der Waals surface area contributed by atoms with Crippen molar-refractivity contribution in [3.63, 3.8) is 0 Å². The summed E-state index contributed by atoms with van der Waals surface area (Å²) in [5.74, 6) is -3.27. The van der Waals surface area contributed by atoms with Crippen LogP contribution in [-0.4, -0.2) is 34.7 Å². The van der Waals surface area contributed by atoms with Crippen LogP contribution >= 0.6 is 0 Å². The number of carboxylic acid groups (broad SMARTS) is 2. The number of carboxylic acids is 2. The first kappa shape index (κ1) is 19.7. The highest BCUT2D eigenvalue weighted by atomic mass is 16.5. The zero-order valence-corrected chi connectivity index (χ0v) is 14.0. The predicted octanol–water partition coefficient (Wildman–Crippen LogP) is 3.46. The number of hydrogen-bond donors (Lipinski definition) is 2. The van der Waals surface area contributed by atoms with E-state index in [1.807, 2.05) is 0 Å². The van der Waals surface area contributed by atoms with Gasteiger partial charge in [0.2, 0.25) is 0 Å². The summed E-state index contributed by atoms with van der Waals surface area (Å²) in [6, 6.07) is 5.70. The van der Waals surface area contributed by atoms with E-state index in [2.05, 4.69) is 13.8 Å². The van der Waals surface area contributed by atoms with Crippen LogP contribution in [0.25, 0.3) is 0 Å². The van der Waals surface area contributed by atoms with E-state index >= 15 is 0 Å². The van der Waals surface area contributed by atoms with E-state index in [9.17, 15) is 19.5 Å². The number of ether oxygens (including phenoxy) is 1. The van der Waals surface area contributed by atoms with Crippen LogP contribution in [0.2, 0.25) is 0 Å². The number of rotatable bonds is 10. The monoisotopic (exact) mass is 336 g/mol. The first-order chi connectivity index (χ1) is 11.3. The van der Waals surface area contributed by atoms with Crippen molar-refractivity contribution < 1.29 is 29.3 Å². The van der Waals surface area contributed by atoms with E-state index in [0.717, 1.165) is 19.3 Å². The Balaban J connectivity index is 2.59. The van der Waals surface area contributed by atoms with Crippen LogP contribution in [-0.2, 0) is 9.53 Å². The number of benzene rings is 1. The molecule has 132 valence electrons. The Morgan fingerprint density at radius 1 is 1.00 bits per heavy atom. The van der Waals surface area contributed by atoms with Gasteiger partial charge in [0.05, 0.1) is 17.0 Å². The molecule has 0 aromatic heterocycles. The molecule has 0 radical (unpaired) electrons. The second-order valence-corrected chi connectivity index (χ2v) is 6.16. The van der Waals surface area contributed by atoms with Gasteiger partial charge in [0.1, 0.15) is 6.61 Å². The Hall–Kier alpha value is -2.37. The SMILES string of the molecule is CC(C)CCCCC(COC(=O)c1ccccc1C(=O)O)C(=O)O. The Labute approximate surface area is 141 Å². The minimum absolute atomic E-state index is 0.0750. The van der Waals surface area contributed by atoms with Gasteiger partial charge in [-0.1, -0.05) is 45.2 Å². The van der Waals surface area contributed by atoms with Crippen LogP contribution in [0.15, 0.2) is 24.3 Å². The normalized spacial score (nSPS) is 12.0. The fraction of sp³-hybridized carbons (Fsp3) is 0.500. The minimum Gasteiger partial charge on any atom is -0.481 e. The molecule has 1 unspecified atom stereocenters. The fourth-order valence-corrected chi connectivity index (χ4v) is 2.32. The van der Waals surface area contributed by atoms with Gasteiger partial charge in [-0.2, -0.15) is 0 Å². The number of carbonyl (C=O) groups excluding carboxylic acids is 1. The molecule has 0 heterocycles. The van der Waals surface area contributed by atoms with E-state index in [1.54, 1.807) is 0 Å². The maximum Gasteiger partial charge on any atom is 0.339 e. The highest BCUT2D eigenvalue weighted by molar-refractivity contribution is 6.02. The molecular formula is C18H24O6. The van der Waals surface area contributed by atoms with Crippen LogP contribution in [0.1, 0.15) is 60.2 Å². The van der Waals surface area contributed by atoms with Gasteiger partial charge in [0.15, 0.2) is 0 Å². The molecule has 6 heteroatoms. The standard InChI is InChI=1S/C18H24O6/c1-12(2)7-3-4-8-13(16(19)20)11-24-18(23)15-10-6-5-9-14(15)17(21)22/h5-6,9-10,12-13H,3-4,7-8,11H2,1-2H3,(H,19,20)(H,21,22). The number of hydrogen-bond acceptors (Lipinski definition) is 4. The molecule has 0 bridgehead atoms. The molecule has 1 rings (SSSR count). The van der Waals surface area contributed by atoms with Crippen molar-refractivity contribution in [1.82, 2.24) is 0 Å². The summed E-state index contributed by atoms with van der Waals surface area (Å²) < 4.78 is 5.04. The molecule has 1 aromatic rings. The molecule has 0 aliphatic heterocycles. The molecule has 1 atom stereocenters. The van der Waals surface area contributed by atoms with Crippen molar-refractivity contribution in [3.8, 4) is 0 Å². The van der Waals surface area contributed by atoms with Gasteiger partial charge < -0.3 is 14.9 Å². The van der Waals surface area contributed by atoms with E-state index in [0.29, 0.717) is 12.3 Å². The molecule has 1 aromatic carbocycles. The molecule has 24 heavy (non-hydrogen) atoms. The summed E-state index contributed by atoms with van der Waals surface area (Å²) in [5, 5.41) is 18.3. The highest BCUT2D eigenvalue weighted by Gasteiger charge is 2.22. The third-order valence-electron chi connectivity index (χ3n) is 3.73. The Bertz CT molecular complexity index is 579. The largest absolute Gasteiger partial charge is 0.481 e. The maximum atomic E-state index is 12.0. The second-order valence-electron chi connectivity index (χ2n) is 6.16. The summed E-state index contributed by atoms with van der Waals surface area (Å²) in [6.07, 6.45) is 3.13. The van der Waals surface area contributed by atoms with Gasteiger partial charge in [-0.25, -0.2) is 9.59 Å². The molecule has 6 nitrogen and oxygen atoms in total. The quantitative estimate of drug-likeness (QED) is 0.501. The average molecular weight is 336 g/mol. The van der Waals surface area contributed by atoms with E-state index in [-0.39, 0.29) is 17.7 Å². The second kappa shape index (κ2) is 9.70. The summed E-state index contributed by atoms with van der Waals surface area (Å²) >= 11 is 0. The fourth-order valence-electron chi connectivity index (χ4n) is 2.32. The molecule has 0 aliphatic carbocycles. The third-order valence-corrected chi connectivity index (χ3v) is 3.73. The van der Waals surface area contributed by atoms with Crippen molar-refractivity contribution in [2.45, 2.75) is 39.5 Å². The summed E-state index contributed by atoms with van der Waals surface area (Å²) in [4.78, 5) is 34.4. The van der Waals surface area contributed by atoms with Gasteiger partial charge in [0.25, 0.3) is 0 Å². The molecule has 0 spiro atoms. The van der Waals surface area contributed by atoms with Gasteiger partial charge in [-0.15, -0.1) is 0 Å². The third kappa shape index (κ3) is 6.40. The molecule has 0 saturated carbocycles. The van der Waals surface area contributed by atoms with Crippen LogP contribution in [0.4, 0.5) is 0 Å². The van der Waals surface area contributed by atoms with Gasteiger partial charge in [-0.3, -0.25) is 4.79 Å². The van der Waals surface area contributed by atoms with Crippen molar-refractivity contribution in [2.75, 3.05) is 6.61 Å². The Kier molecular flexibility index (Phi) is 7.95. The van der Waals surface area contributed by atoms with Gasteiger partial charge in [0, 0.05) is 0 Å². The minimum atomic E-state index is -1.23. The molecule has 0 fully saturated rings. The molecule has 0 saturated heterocycles. The first-order valence-corrected chi connectivity index (χ1v) is 8.05. The van der Waals surface area contributed by atoms with Crippen molar-refractivity contribution in [2.24, 2.45) is 11.8 Å². The van der Waals surface area contributed by atoms with Crippen LogP contribution in [0, 0.1) is 11.8 Å². The lowest BCUT2D eigenvalue weighted by Gasteiger charge is -2.14. The number of unbranched alkanes of at least 4 members (excludes halogenated alkanes) is 1. The first-order valence-electron chi connectivity index (χ1n) is 8.05. The van der Waals surface area contributed by atoms with E-state index in [4.69, 9.17) is 9.84 Å². The van der Waals surface area contributed by atoms with Crippen molar-refractivity contribution in [1.29, 1.82) is 0 Å². The maximum absolute atomic E-state index is 12.0. The number of aromatic carboxylic acids is 1. The predicted molar refractivity (Wildman–Crippen MR) is 88.1 cm³/mol. The average Bonchev–Trinajstić information content (AvgIpc) is 2.53. The lowest BCUT2D eigenvalue weighted by Crippen LogP contribution is -2.23. The summed E-state index contributed by atoms with van der Waals surface area (Å²) in [7, 11) is 0. The lowest BCUT2D eigenvalue weighted by atomic mass is 9.99. The Morgan fingerprint density at radius 2 is 1.58 bits per heavy atom. The van der Waals surface area contributed by atoms with Crippen molar-refractivity contribution >= 4 is 17.9 Å². The zero-order chi connectivity index (χ0) is 18.1. The number of aliphatic carboxylic acids is 1. The van der Waals surface area contributed by atoms with Crippen molar-refractivity contribution in [3.05, 3.63) is 35.4 Å². The van der Waals surface area contributed by atoms with Crippen LogP contribution in [0.3, 0.4) is 0 Å². The number of carbonyl (C=O) groups is 3. The van der Waals surface area contributed by atoms with Gasteiger partial charge >= 0.3 is 17.9 Å². The molecule has 2 N–H and O–H groups in total. The summed E-state index contributed by atoms with van der Waals surface area (Å²) in [5.41, 5.74) is -0.236. The van der Waals surface area contributed by atoms with Crippen LogP contribution in [0.5, 0.6) is 0 Å². The number of esters is 1. The highest BCUT2D eigenvalue weighted by Crippen LogP contribution is 2.16. The van der Waals surface area contributed by atoms with Gasteiger partial charge in [-0.05, 0) is 24.5 Å².